The van der Waals surface area contributed by atoms with E-state index in [9.17, 15) is 14.9 Å². The maximum atomic E-state index is 12.9. The second-order valence-corrected chi connectivity index (χ2v) is 8.10. The van der Waals surface area contributed by atoms with Crippen molar-refractivity contribution in [3.8, 4) is 11.3 Å². The molecule has 9 heteroatoms. The van der Waals surface area contributed by atoms with E-state index in [2.05, 4.69) is 0 Å². The Hall–Kier alpha value is -3.17. The molecule has 1 fully saturated rings. The first-order chi connectivity index (χ1) is 13.8. The van der Waals surface area contributed by atoms with E-state index in [-0.39, 0.29) is 11.6 Å². The normalized spacial score (nSPS) is 15.5. The lowest BCUT2D eigenvalue weighted by molar-refractivity contribution is -0.384. The van der Waals surface area contributed by atoms with E-state index in [0.29, 0.717) is 26.3 Å². The number of nitrogens with zero attached hydrogens (tertiary/aromatic N) is 3. The van der Waals surface area contributed by atoms with E-state index in [1.165, 1.54) is 28.9 Å². The lowest BCUT2D eigenvalue weighted by Crippen LogP contribution is -2.39. The summed E-state index contributed by atoms with van der Waals surface area (Å²) in [5.41, 5.74) is 2.55. The fraction of sp³-hybridized carbons (Fsp3) is 0.100. The molecular formula is C20H15N3O4S2. The van der Waals surface area contributed by atoms with Crippen LogP contribution in [0.1, 0.15) is 17.1 Å². The summed E-state index contributed by atoms with van der Waals surface area (Å²) in [4.78, 5) is 23.7. The van der Waals surface area contributed by atoms with Crippen molar-refractivity contribution in [2.24, 2.45) is 0 Å². The summed E-state index contributed by atoms with van der Waals surface area (Å²) in [5.74, 6) is 0.842. The average Bonchev–Trinajstić information content (AvgIpc) is 3.36. The van der Waals surface area contributed by atoms with Gasteiger partial charge >= 0.3 is 0 Å². The molecule has 0 atom stereocenters. The number of carbonyl (C=O) groups is 1. The SMILES string of the molecule is Cc1ccc(C)n1N1C(=O)/C(=C\c2ccc(-c3ccc([N+](=O)[O-])cc3)o2)SC1=S. The van der Waals surface area contributed by atoms with Gasteiger partial charge in [-0.05, 0) is 62.5 Å². The van der Waals surface area contributed by atoms with Crippen molar-refractivity contribution in [3.05, 3.63) is 80.7 Å². The Morgan fingerprint density at radius 3 is 2.34 bits per heavy atom. The number of rotatable bonds is 4. The molecule has 0 N–H and O–H groups in total. The van der Waals surface area contributed by atoms with Crippen LogP contribution in [0.4, 0.5) is 5.69 Å². The maximum absolute atomic E-state index is 12.9. The van der Waals surface area contributed by atoms with E-state index in [1.54, 1.807) is 35.0 Å². The molecule has 3 heterocycles. The third-order valence-electron chi connectivity index (χ3n) is 4.47. The lowest BCUT2D eigenvalue weighted by atomic mass is 10.1. The smallest absolute Gasteiger partial charge is 0.285 e. The minimum absolute atomic E-state index is 0.0137. The number of nitro benzene ring substituents is 1. The number of thiocarbonyl (C=S) groups is 1. The minimum atomic E-state index is -0.451. The zero-order valence-corrected chi connectivity index (χ0v) is 17.1. The fourth-order valence-corrected chi connectivity index (χ4v) is 4.29. The summed E-state index contributed by atoms with van der Waals surface area (Å²) in [6.07, 6.45) is 1.66. The van der Waals surface area contributed by atoms with Crippen LogP contribution in [0.5, 0.6) is 0 Å². The van der Waals surface area contributed by atoms with Crippen LogP contribution in [0.3, 0.4) is 0 Å². The minimum Gasteiger partial charge on any atom is -0.457 e. The van der Waals surface area contributed by atoms with Gasteiger partial charge in [-0.3, -0.25) is 19.6 Å². The molecule has 3 aromatic rings. The first kappa shape index (κ1) is 19.2. The number of amides is 1. The number of nitro groups is 1. The van der Waals surface area contributed by atoms with Crippen molar-refractivity contribution in [3.63, 3.8) is 0 Å². The number of furan rings is 1. The number of hydrogen-bond donors (Lipinski definition) is 0. The zero-order chi connectivity index (χ0) is 20.7. The second-order valence-electron chi connectivity index (χ2n) is 6.43. The van der Waals surface area contributed by atoms with E-state index in [0.717, 1.165) is 11.4 Å². The van der Waals surface area contributed by atoms with Gasteiger partial charge in [0.2, 0.25) is 0 Å². The molecule has 1 aliphatic rings. The van der Waals surface area contributed by atoms with Crippen LogP contribution >= 0.6 is 24.0 Å². The van der Waals surface area contributed by atoms with Crippen molar-refractivity contribution in [1.82, 2.24) is 4.68 Å². The van der Waals surface area contributed by atoms with E-state index in [4.69, 9.17) is 16.6 Å². The summed E-state index contributed by atoms with van der Waals surface area (Å²) in [5, 5.41) is 12.3. The summed E-state index contributed by atoms with van der Waals surface area (Å²) < 4.78 is 8.05. The monoisotopic (exact) mass is 425 g/mol. The molecule has 29 heavy (non-hydrogen) atoms. The molecule has 4 rings (SSSR count). The Labute approximate surface area is 175 Å². The van der Waals surface area contributed by atoms with Gasteiger partial charge in [0.25, 0.3) is 11.6 Å². The summed E-state index contributed by atoms with van der Waals surface area (Å²) >= 11 is 6.63. The molecule has 1 aliphatic heterocycles. The van der Waals surface area contributed by atoms with E-state index < -0.39 is 4.92 Å². The Balaban J connectivity index is 1.60. The largest absolute Gasteiger partial charge is 0.457 e. The number of aryl methyl sites for hydroxylation is 2. The van der Waals surface area contributed by atoms with Gasteiger partial charge in [-0.15, -0.1) is 0 Å². The highest BCUT2D eigenvalue weighted by Gasteiger charge is 2.35. The first-order valence-electron chi connectivity index (χ1n) is 8.63. The van der Waals surface area contributed by atoms with Crippen LogP contribution in [-0.2, 0) is 4.79 Å². The topological polar surface area (TPSA) is 81.5 Å². The zero-order valence-electron chi connectivity index (χ0n) is 15.5. The fourth-order valence-electron chi connectivity index (χ4n) is 3.07. The predicted molar refractivity (Wildman–Crippen MR) is 116 cm³/mol. The highest BCUT2D eigenvalue weighted by atomic mass is 32.2. The van der Waals surface area contributed by atoms with Crippen molar-refractivity contribution in [1.29, 1.82) is 0 Å². The quantitative estimate of drug-likeness (QED) is 0.258. The van der Waals surface area contributed by atoms with Gasteiger partial charge in [0.05, 0.1) is 9.83 Å². The number of aromatic nitrogens is 1. The molecule has 0 aliphatic carbocycles. The van der Waals surface area contributed by atoms with E-state index >= 15 is 0 Å². The molecule has 0 bridgehead atoms. The van der Waals surface area contributed by atoms with Crippen LogP contribution in [0.25, 0.3) is 17.4 Å². The van der Waals surface area contributed by atoms with Gasteiger partial charge in [0.15, 0.2) is 4.32 Å². The van der Waals surface area contributed by atoms with Crippen molar-refractivity contribution in [2.45, 2.75) is 13.8 Å². The maximum Gasteiger partial charge on any atom is 0.285 e. The molecule has 0 unspecified atom stereocenters. The van der Waals surface area contributed by atoms with Crippen LogP contribution in [0, 0.1) is 24.0 Å². The lowest BCUT2D eigenvalue weighted by Gasteiger charge is -2.20. The molecule has 0 radical (unpaired) electrons. The summed E-state index contributed by atoms with van der Waals surface area (Å²) in [6.45, 7) is 3.83. The Kier molecular flexibility index (Phi) is 4.85. The van der Waals surface area contributed by atoms with E-state index in [1.807, 2.05) is 26.0 Å². The van der Waals surface area contributed by atoms with Crippen LogP contribution in [-0.4, -0.2) is 19.8 Å². The number of benzene rings is 1. The van der Waals surface area contributed by atoms with Gasteiger partial charge in [-0.1, -0.05) is 11.8 Å². The molecule has 0 saturated carbocycles. The summed E-state index contributed by atoms with van der Waals surface area (Å²) in [7, 11) is 0. The number of carbonyl (C=O) groups excluding carboxylic acids is 1. The third-order valence-corrected chi connectivity index (χ3v) is 5.75. The van der Waals surface area contributed by atoms with Crippen molar-refractivity contribution >= 4 is 46.0 Å². The number of non-ortho nitro benzene ring substituents is 1. The molecule has 146 valence electrons. The second kappa shape index (κ2) is 7.34. The molecule has 1 aromatic carbocycles. The summed E-state index contributed by atoms with van der Waals surface area (Å²) in [6, 6.07) is 13.5. The Morgan fingerprint density at radius 1 is 1.07 bits per heavy atom. The average molecular weight is 425 g/mol. The predicted octanol–water partition coefficient (Wildman–Crippen LogP) is 4.81. The van der Waals surface area contributed by atoms with Gasteiger partial charge in [0, 0.05) is 35.2 Å². The standard InChI is InChI=1S/C20H15N3O4S2/c1-12-3-4-13(2)21(12)22-19(24)18(29-20(22)28)11-16-9-10-17(27-16)14-5-7-15(8-6-14)23(25)26/h3-11H,1-2H3/b18-11+. The third kappa shape index (κ3) is 3.50. The Bertz CT molecular complexity index is 1160. The van der Waals surface area contributed by atoms with Gasteiger partial charge in [-0.25, -0.2) is 0 Å². The first-order valence-corrected chi connectivity index (χ1v) is 9.85. The van der Waals surface area contributed by atoms with Gasteiger partial charge in [-0.2, -0.15) is 5.01 Å². The number of hydrogen-bond acceptors (Lipinski definition) is 6. The van der Waals surface area contributed by atoms with Crippen LogP contribution in [0.2, 0.25) is 0 Å². The molecule has 1 amide bonds. The van der Waals surface area contributed by atoms with Crippen LogP contribution in [0.15, 0.2) is 57.9 Å². The Morgan fingerprint density at radius 2 is 1.72 bits per heavy atom. The molecular weight excluding hydrogens is 410 g/mol. The number of thioether (sulfide) groups is 1. The van der Waals surface area contributed by atoms with Crippen molar-refractivity contribution in [2.75, 3.05) is 5.01 Å². The van der Waals surface area contributed by atoms with Crippen LogP contribution < -0.4 is 5.01 Å². The van der Waals surface area contributed by atoms with Gasteiger partial charge in [0.1, 0.15) is 11.5 Å². The molecule has 0 spiro atoms. The molecule has 7 nitrogen and oxygen atoms in total. The highest BCUT2D eigenvalue weighted by molar-refractivity contribution is 8.27. The van der Waals surface area contributed by atoms with Crippen molar-refractivity contribution < 1.29 is 14.1 Å². The highest BCUT2D eigenvalue weighted by Crippen LogP contribution is 2.34. The molecule has 2 aromatic heterocycles. The van der Waals surface area contributed by atoms with Gasteiger partial charge < -0.3 is 4.42 Å². The molecule has 1 saturated heterocycles.